The summed E-state index contributed by atoms with van der Waals surface area (Å²) in [7, 11) is 0. The van der Waals surface area contributed by atoms with Crippen LogP contribution in [0.3, 0.4) is 0 Å². The zero-order valence-electron chi connectivity index (χ0n) is 13.1. The van der Waals surface area contributed by atoms with Crippen LogP contribution in [0.25, 0.3) is 0 Å². The van der Waals surface area contributed by atoms with Crippen molar-refractivity contribution in [3.05, 3.63) is 52.2 Å². The molecule has 3 rings (SSSR count). The van der Waals surface area contributed by atoms with Crippen molar-refractivity contribution in [3.63, 3.8) is 0 Å². The van der Waals surface area contributed by atoms with Crippen LogP contribution in [-0.2, 0) is 17.6 Å². The van der Waals surface area contributed by atoms with Gasteiger partial charge in [-0.05, 0) is 43.4 Å². The summed E-state index contributed by atoms with van der Waals surface area (Å²) >= 11 is 0. The summed E-state index contributed by atoms with van der Waals surface area (Å²) in [6, 6.07) is 2.66. The van der Waals surface area contributed by atoms with Gasteiger partial charge in [0.25, 0.3) is 5.91 Å². The van der Waals surface area contributed by atoms with E-state index in [1.165, 1.54) is 25.1 Å². The molecule has 2 N–H and O–H groups in total. The monoisotopic (exact) mass is 332 g/mol. The van der Waals surface area contributed by atoms with Gasteiger partial charge in [-0.3, -0.25) is 4.79 Å². The number of hydrogen-bond donors (Lipinski definition) is 2. The number of nitrogens with zero attached hydrogens (tertiary/aromatic N) is 1. The Bertz CT molecular complexity index is 800. The van der Waals surface area contributed by atoms with Crippen LogP contribution >= 0.6 is 0 Å². The topological polar surface area (TPSA) is 92.4 Å². The van der Waals surface area contributed by atoms with Crippen molar-refractivity contribution in [2.45, 2.75) is 38.6 Å². The fourth-order valence-electron chi connectivity index (χ4n) is 2.90. The Labute approximate surface area is 137 Å². The molecular formula is C17H17FN2O4. The number of aliphatic carboxylic acids is 1. The van der Waals surface area contributed by atoms with Crippen LogP contribution < -0.4 is 5.32 Å². The fourth-order valence-corrected chi connectivity index (χ4v) is 2.90. The van der Waals surface area contributed by atoms with E-state index in [0.717, 1.165) is 24.8 Å². The third-order valence-electron chi connectivity index (χ3n) is 4.20. The number of carboxylic acids is 1. The predicted octanol–water partition coefficient (Wildman–Crippen LogP) is 2.56. The Morgan fingerprint density at radius 3 is 2.79 bits per heavy atom. The maximum Gasteiger partial charge on any atom is 0.330 e. The number of nitrogens with one attached hydrogen (secondary N) is 1. The van der Waals surface area contributed by atoms with E-state index >= 15 is 0 Å². The van der Waals surface area contributed by atoms with E-state index in [9.17, 15) is 19.1 Å². The molecule has 1 aliphatic carbocycles. The summed E-state index contributed by atoms with van der Waals surface area (Å²) in [5.74, 6) is -1.57. The summed E-state index contributed by atoms with van der Waals surface area (Å²) in [4.78, 5) is 24.0. The predicted molar refractivity (Wildman–Crippen MR) is 82.1 cm³/mol. The smallest absolute Gasteiger partial charge is 0.330 e. The zero-order chi connectivity index (χ0) is 17.3. The van der Waals surface area contributed by atoms with E-state index in [1.54, 1.807) is 0 Å². The van der Waals surface area contributed by atoms with E-state index in [-0.39, 0.29) is 5.69 Å². The standard InChI is InChI=1S/C17H17FN2O4/c1-9-8-10(6-7-12(9)18)14(17(22)23)19-16(21)15-11-4-2-3-5-13(11)24-20-15/h6-8,14H,2-5H2,1H3,(H,19,21)(H,22,23). The van der Waals surface area contributed by atoms with Gasteiger partial charge in [0.05, 0.1) is 0 Å². The molecule has 0 saturated heterocycles. The lowest BCUT2D eigenvalue weighted by Gasteiger charge is -2.16. The van der Waals surface area contributed by atoms with Crippen LogP contribution in [0.15, 0.2) is 22.7 Å². The van der Waals surface area contributed by atoms with Crippen LogP contribution in [0.4, 0.5) is 4.39 Å². The molecule has 1 aromatic carbocycles. The minimum absolute atomic E-state index is 0.134. The van der Waals surface area contributed by atoms with Crippen molar-refractivity contribution in [1.29, 1.82) is 0 Å². The average Bonchev–Trinajstić information content (AvgIpc) is 2.99. The maximum atomic E-state index is 13.4. The first-order chi connectivity index (χ1) is 11.5. The molecule has 126 valence electrons. The van der Waals surface area contributed by atoms with Crippen molar-refractivity contribution < 1.29 is 23.6 Å². The molecule has 0 aliphatic heterocycles. The normalized spacial score (nSPS) is 14.8. The molecule has 1 atom stereocenters. The Kier molecular flexibility index (Phi) is 4.33. The average molecular weight is 332 g/mol. The van der Waals surface area contributed by atoms with Crippen molar-refractivity contribution in [2.24, 2.45) is 0 Å². The van der Waals surface area contributed by atoms with Gasteiger partial charge < -0.3 is 14.9 Å². The van der Waals surface area contributed by atoms with Crippen LogP contribution in [0, 0.1) is 12.7 Å². The first kappa shape index (κ1) is 16.2. The molecule has 0 fully saturated rings. The number of carbonyl (C=O) groups is 2. The van der Waals surface area contributed by atoms with E-state index < -0.39 is 23.7 Å². The van der Waals surface area contributed by atoms with Gasteiger partial charge in [-0.15, -0.1) is 0 Å². The highest BCUT2D eigenvalue weighted by Crippen LogP contribution is 2.25. The molecule has 6 nitrogen and oxygen atoms in total. The Hall–Kier alpha value is -2.70. The van der Waals surface area contributed by atoms with Crippen LogP contribution in [0.1, 0.15) is 51.8 Å². The van der Waals surface area contributed by atoms with Gasteiger partial charge in [-0.25, -0.2) is 9.18 Å². The molecule has 1 amide bonds. The number of carboxylic acid groups (broad SMARTS) is 1. The van der Waals surface area contributed by atoms with Gasteiger partial charge in [0, 0.05) is 12.0 Å². The summed E-state index contributed by atoms with van der Waals surface area (Å²) in [5.41, 5.74) is 1.49. The van der Waals surface area contributed by atoms with Crippen molar-refractivity contribution in [2.75, 3.05) is 0 Å². The lowest BCUT2D eigenvalue weighted by Crippen LogP contribution is -2.34. The van der Waals surface area contributed by atoms with Crippen molar-refractivity contribution in [1.82, 2.24) is 10.5 Å². The number of hydrogen-bond acceptors (Lipinski definition) is 4. The minimum Gasteiger partial charge on any atom is -0.479 e. The Morgan fingerprint density at radius 2 is 2.08 bits per heavy atom. The first-order valence-corrected chi connectivity index (χ1v) is 7.74. The maximum absolute atomic E-state index is 13.4. The second-order valence-electron chi connectivity index (χ2n) is 5.89. The number of aromatic nitrogens is 1. The summed E-state index contributed by atoms with van der Waals surface area (Å²) in [6.07, 6.45) is 3.34. The fraction of sp³-hybridized carbons (Fsp3) is 0.353. The quantitative estimate of drug-likeness (QED) is 0.897. The number of halogens is 1. The largest absolute Gasteiger partial charge is 0.479 e. The molecule has 1 unspecified atom stereocenters. The third-order valence-corrected chi connectivity index (χ3v) is 4.20. The number of aryl methyl sites for hydroxylation is 2. The third kappa shape index (κ3) is 3.02. The Morgan fingerprint density at radius 1 is 1.33 bits per heavy atom. The summed E-state index contributed by atoms with van der Waals surface area (Å²) < 4.78 is 18.6. The molecule has 24 heavy (non-hydrogen) atoms. The molecule has 1 aliphatic rings. The van der Waals surface area contributed by atoms with Crippen LogP contribution in [0.2, 0.25) is 0 Å². The molecule has 1 aromatic heterocycles. The lowest BCUT2D eigenvalue weighted by molar-refractivity contribution is -0.139. The highest BCUT2D eigenvalue weighted by Gasteiger charge is 2.28. The summed E-state index contributed by atoms with van der Waals surface area (Å²) in [5, 5.41) is 15.7. The second-order valence-corrected chi connectivity index (χ2v) is 5.89. The van der Waals surface area contributed by atoms with Crippen molar-refractivity contribution >= 4 is 11.9 Å². The minimum atomic E-state index is -1.28. The van der Waals surface area contributed by atoms with Crippen molar-refractivity contribution in [3.8, 4) is 0 Å². The summed E-state index contributed by atoms with van der Waals surface area (Å²) in [6.45, 7) is 1.54. The molecule has 1 heterocycles. The molecule has 0 bridgehead atoms. The molecule has 2 aromatic rings. The lowest BCUT2D eigenvalue weighted by atomic mass is 9.96. The van der Waals surface area contributed by atoms with Gasteiger partial charge in [0.1, 0.15) is 11.6 Å². The Balaban J connectivity index is 1.86. The zero-order valence-corrected chi connectivity index (χ0v) is 13.1. The SMILES string of the molecule is Cc1cc(C(NC(=O)c2noc3c2CCCC3)C(=O)O)ccc1F. The molecule has 7 heteroatoms. The number of benzene rings is 1. The number of rotatable bonds is 4. The first-order valence-electron chi connectivity index (χ1n) is 7.74. The van der Waals surface area contributed by atoms with Gasteiger partial charge in [-0.1, -0.05) is 17.3 Å². The second kappa shape index (κ2) is 6.43. The highest BCUT2D eigenvalue weighted by molar-refractivity contribution is 5.96. The number of amides is 1. The van der Waals surface area contributed by atoms with Crippen LogP contribution in [-0.4, -0.2) is 22.1 Å². The van der Waals surface area contributed by atoms with Gasteiger partial charge in [0.2, 0.25) is 0 Å². The van der Waals surface area contributed by atoms with E-state index in [4.69, 9.17) is 4.52 Å². The molecule has 0 spiro atoms. The van der Waals surface area contributed by atoms with Gasteiger partial charge in [-0.2, -0.15) is 0 Å². The van der Waals surface area contributed by atoms with E-state index in [2.05, 4.69) is 10.5 Å². The molecular weight excluding hydrogens is 315 g/mol. The van der Waals surface area contributed by atoms with E-state index in [0.29, 0.717) is 23.3 Å². The number of carbonyl (C=O) groups excluding carboxylic acids is 1. The number of fused-ring (bicyclic) bond motifs is 1. The molecule has 0 saturated carbocycles. The van der Waals surface area contributed by atoms with Crippen LogP contribution in [0.5, 0.6) is 0 Å². The highest BCUT2D eigenvalue weighted by atomic mass is 19.1. The van der Waals surface area contributed by atoms with Gasteiger partial charge >= 0.3 is 5.97 Å². The van der Waals surface area contributed by atoms with E-state index in [1.807, 2.05) is 0 Å². The molecule has 0 radical (unpaired) electrons. The van der Waals surface area contributed by atoms with Gasteiger partial charge in [0.15, 0.2) is 11.7 Å².